The first-order chi connectivity index (χ1) is 9.58. The molecule has 0 saturated heterocycles. The lowest BCUT2D eigenvalue weighted by molar-refractivity contribution is 0.628. The van der Waals surface area contributed by atoms with Crippen LogP contribution in [0.2, 0.25) is 5.02 Å². The molecule has 1 heterocycles. The lowest BCUT2D eigenvalue weighted by Gasteiger charge is -2.17. The maximum atomic E-state index is 13.1. The SMILES string of the molecule is CCNc1cc(Cl)c(=O)n(CC)c1-c1ccc(F)cc1. The Kier molecular flexibility index (Phi) is 4.45. The largest absolute Gasteiger partial charge is 0.384 e. The quantitative estimate of drug-likeness (QED) is 0.931. The highest BCUT2D eigenvalue weighted by atomic mass is 35.5. The van der Waals surface area contributed by atoms with E-state index in [1.807, 2.05) is 13.8 Å². The predicted octanol–water partition coefficient (Wildman–Crippen LogP) is 3.76. The van der Waals surface area contributed by atoms with Gasteiger partial charge in [-0.05, 0) is 44.2 Å². The van der Waals surface area contributed by atoms with Crippen molar-refractivity contribution >= 4 is 17.3 Å². The summed E-state index contributed by atoms with van der Waals surface area (Å²) >= 11 is 5.98. The lowest BCUT2D eigenvalue weighted by Crippen LogP contribution is -2.23. The maximum Gasteiger partial charge on any atom is 0.269 e. The standard InChI is InChI=1S/C15H16ClFN2O/c1-3-18-13-9-12(16)15(20)19(4-2)14(13)10-5-7-11(17)8-6-10/h5-9,18H,3-4H2,1-2H3. The van der Waals surface area contributed by atoms with Gasteiger partial charge in [0, 0.05) is 18.7 Å². The van der Waals surface area contributed by atoms with E-state index < -0.39 is 0 Å². The van der Waals surface area contributed by atoms with Crippen LogP contribution in [0.5, 0.6) is 0 Å². The number of hydrogen-bond donors (Lipinski definition) is 1. The first-order valence-corrected chi connectivity index (χ1v) is 6.89. The van der Waals surface area contributed by atoms with Crippen LogP contribution in [0.3, 0.4) is 0 Å². The van der Waals surface area contributed by atoms with E-state index in [1.54, 1.807) is 22.8 Å². The Hall–Kier alpha value is -1.81. The van der Waals surface area contributed by atoms with Crippen molar-refractivity contribution in [1.82, 2.24) is 4.57 Å². The Morgan fingerprint density at radius 1 is 1.25 bits per heavy atom. The molecule has 3 nitrogen and oxygen atoms in total. The van der Waals surface area contributed by atoms with Crippen LogP contribution >= 0.6 is 11.6 Å². The molecule has 0 fully saturated rings. The Bertz CT molecular complexity index is 665. The number of anilines is 1. The number of aromatic nitrogens is 1. The minimum absolute atomic E-state index is 0.175. The van der Waals surface area contributed by atoms with Gasteiger partial charge < -0.3 is 9.88 Å². The maximum absolute atomic E-state index is 13.1. The summed E-state index contributed by atoms with van der Waals surface area (Å²) in [6.07, 6.45) is 0. The van der Waals surface area contributed by atoms with Gasteiger partial charge in [0.25, 0.3) is 5.56 Å². The predicted molar refractivity (Wildman–Crippen MR) is 80.9 cm³/mol. The summed E-state index contributed by atoms with van der Waals surface area (Å²) < 4.78 is 14.7. The number of halogens is 2. The van der Waals surface area contributed by atoms with Gasteiger partial charge in [-0.3, -0.25) is 4.79 Å². The Balaban J connectivity index is 2.73. The fraction of sp³-hybridized carbons (Fsp3) is 0.267. The molecular formula is C15H16ClFN2O. The van der Waals surface area contributed by atoms with Gasteiger partial charge in [-0.1, -0.05) is 11.6 Å². The molecule has 20 heavy (non-hydrogen) atoms. The topological polar surface area (TPSA) is 34.0 Å². The summed E-state index contributed by atoms with van der Waals surface area (Å²) in [5.41, 5.74) is 2.03. The molecule has 0 aliphatic heterocycles. The van der Waals surface area contributed by atoms with E-state index in [9.17, 15) is 9.18 Å². The van der Waals surface area contributed by atoms with Crippen molar-refractivity contribution in [3.05, 3.63) is 51.5 Å². The van der Waals surface area contributed by atoms with E-state index in [1.165, 1.54) is 12.1 Å². The summed E-state index contributed by atoms with van der Waals surface area (Å²) in [6, 6.07) is 7.70. The van der Waals surface area contributed by atoms with E-state index in [2.05, 4.69) is 5.32 Å². The molecule has 2 aromatic rings. The number of benzene rings is 1. The third-order valence-corrected chi connectivity index (χ3v) is 3.32. The molecule has 0 atom stereocenters. The van der Waals surface area contributed by atoms with Gasteiger partial charge in [0.15, 0.2) is 0 Å². The van der Waals surface area contributed by atoms with E-state index in [-0.39, 0.29) is 16.4 Å². The molecule has 0 unspecified atom stereocenters. The molecule has 1 aromatic carbocycles. The van der Waals surface area contributed by atoms with Crippen molar-refractivity contribution in [3.63, 3.8) is 0 Å². The summed E-state index contributed by atoms with van der Waals surface area (Å²) in [7, 11) is 0. The molecular weight excluding hydrogens is 279 g/mol. The molecule has 0 saturated carbocycles. The van der Waals surface area contributed by atoms with Crippen LogP contribution in [-0.4, -0.2) is 11.1 Å². The van der Waals surface area contributed by atoms with Crippen LogP contribution in [0.4, 0.5) is 10.1 Å². The average Bonchev–Trinajstić information content (AvgIpc) is 2.44. The van der Waals surface area contributed by atoms with Crippen molar-refractivity contribution in [2.45, 2.75) is 20.4 Å². The summed E-state index contributed by atoms with van der Waals surface area (Å²) in [4.78, 5) is 12.1. The van der Waals surface area contributed by atoms with E-state index in [0.717, 1.165) is 16.9 Å². The molecule has 106 valence electrons. The van der Waals surface area contributed by atoms with Crippen molar-refractivity contribution in [3.8, 4) is 11.3 Å². The number of rotatable bonds is 4. The second-order valence-corrected chi connectivity index (χ2v) is 4.75. The van der Waals surface area contributed by atoms with Crippen molar-refractivity contribution in [2.24, 2.45) is 0 Å². The van der Waals surface area contributed by atoms with Gasteiger partial charge in [0.05, 0.1) is 11.4 Å². The third-order valence-electron chi connectivity index (χ3n) is 3.05. The van der Waals surface area contributed by atoms with Gasteiger partial charge in [0.2, 0.25) is 0 Å². The Labute approximate surface area is 122 Å². The fourth-order valence-corrected chi connectivity index (χ4v) is 2.39. The molecule has 0 radical (unpaired) electrons. The van der Waals surface area contributed by atoms with Gasteiger partial charge in [0.1, 0.15) is 10.8 Å². The summed E-state index contributed by atoms with van der Waals surface area (Å²) in [5, 5.41) is 3.37. The van der Waals surface area contributed by atoms with E-state index in [4.69, 9.17) is 11.6 Å². The van der Waals surface area contributed by atoms with Crippen LogP contribution < -0.4 is 10.9 Å². The number of nitrogens with zero attached hydrogens (tertiary/aromatic N) is 1. The lowest BCUT2D eigenvalue weighted by atomic mass is 10.1. The summed E-state index contributed by atoms with van der Waals surface area (Å²) in [5.74, 6) is -0.307. The van der Waals surface area contributed by atoms with Crippen LogP contribution in [0, 0.1) is 5.82 Å². The number of nitrogens with one attached hydrogen (secondary N) is 1. The van der Waals surface area contributed by atoms with Crippen molar-refractivity contribution in [1.29, 1.82) is 0 Å². The smallest absolute Gasteiger partial charge is 0.269 e. The molecule has 0 bridgehead atoms. The van der Waals surface area contributed by atoms with Crippen LogP contribution in [0.1, 0.15) is 13.8 Å². The van der Waals surface area contributed by atoms with Crippen molar-refractivity contribution in [2.75, 3.05) is 11.9 Å². The number of hydrogen-bond acceptors (Lipinski definition) is 2. The zero-order valence-electron chi connectivity index (χ0n) is 11.4. The molecule has 1 aromatic heterocycles. The highest BCUT2D eigenvalue weighted by Gasteiger charge is 2.14. The molecule has 0 aliphatic rings. The van der Waals surface area contributed by atoms with Crippen LogP contribution in [-0.2, 0) is 6.54 Å². The van der Waals surface area contributed by atoms with Gasteiger partial charge in [-0.2, -0.15) is 0 Å². The molecule has 5 heteroatoms. The Morgan fingerprint density at radius 3 is 2.45 bits per heavy atom. The minimum atomic E-state index is -0.307. The minimum Gasteiger partial charge on any atom is -0.384 e. The highest BCUT2D eigenvalue weighted by molar-refractivity contribution is 6.30. The monoisotopic (exact) mass is 294 g/mol. The van der Waals surface area contributed by atoms with Crippen molar-refractivity contribution < 1.29 is 4.39 Å². The molecule has 2 rings (SSSR count). The van der Waals surface area contributed by atoms with E-state index >= 15 is 0 Å². The zero-order valence-corrected chi connectivity index (χ0v) is 12.2. The van der Waals surface area contributed by atoms with E-state index in [0.29, 0.717) is 13.1 Å². The van der Waals surface area contributed by atoms with Gasteiger partial charge in [-0.15, -0.1) is 0 Å². The third kappa shape index (κ3) is 2.70. The Morgan fingerprint density at radius 2 is 1.90 bits per heavy atom. The van der Waals surface area contributed by atoms with Crippen LogP contribution in [0.15, 0.2) is 35.1 Å². The second kappa shape index (κ2) is 6.09. The number of pyridine rings is 1. The van der Waals surface area contributed by atoms with Gasteiger partial charge >= 0.3 is 0 Å². The first kappa shape index (κ1) is 14.6. The second-order valence-electron chi connectivity index (χ2n) is 4.34. The fourth-order valence-electron chi connectivity index (χ4n) is 2.18. The molecule has 1 N–H and O–H groups in total. The first-order valence-electron chi connectivity index (χ1n) is 6.51. The zero-order chi connectivity index (χ0) is 14.7. The highest BCUT2D eigenvalue weighted by Crippen LogP contribution is 2.29. The molecule has 0 spiro atoms. The molecule has 0 aliphatic carbocycles. The molecule has 0 amide bonds. The normalized spacial score (nSPS) is 10.6. The van der Waals surface area contributed by atoms with Crippen LogP contribution in [0.25, 0.3) is 11.3 Å². The van der Waals surface area contributed by atoms with Gasteiger partial charge in [-0.25, -0.2) is 4.39 Å². The average molecular weight is 295 g/mol. The summed E-state index contributed by atoms with van der Waals surface area (Å²) in [6.45, 7) is 5.03.